The number of hydrogen-bond acceptors (Lipinski definition) is 9. The Morgan fingerprint density at radius 1 is 1.26 bits per heavy atom. The number of aryl methyl sites for hydroxylation is 1. The molecule has 2 aromatic heterocycles. The Balaban J connectivity index is 1.51. The number of sulfonamides is 1. The number of hydrogen-bond donors (Lipinski definition) is 2. The fourth-order valence-corrected chi connectivity index (χ4v) is 6.74. The van der Waals surface area contributed by atoms with E-state index < -0.39 is 28.1 Å². The number of benzene rings is 2. The van der Waals surface area contributed by atoms with E-state index in [4.69, 9.17) is 4.74 Å². The van der Waals surface area contributed by atoms with Crippen molar-refractivity contribution >= 4 is 49.1 Å². The summed E-state index contributed by atoms with van der Waals surface area (Å²) in [5.41, 5.74) is 1.13. The second-order valence-electron chi connectivity index (χ2n) is 10.4. The van der Waals surface area contributed by atoms with Gasteiger partial charge in [0, 0.05) is 32.8 Å². The van der Waals surface area contributed by atoms with E-state index in [1.54, 1.807) is 41.6 Å². The van der Waals surface area contributed by atoms with Gasteiger partial charge in [-0.25, -0.2) is 18.4 Å². The standard InChI is InChI=1S/C28H32N6O6S2/c1-17-12-34(18(2)15-35)28(37)19-8-7-10-21(30-26(36)27-31-20-9-5-6-11-23(20)41-27)25(19)40-22(17)13-33(4)42(38,39)24-14-32(3)16-29-24/h5-11,14,16-18,22,35H,12-13,15H2,1-4H3,(H,30,36)/t17-,18+,22-/m0/s1. The van der Waals surface area contributed by atoms with Gasteiger partial charge in [-0.3, -0.25) is 9.59 Å². The Morgan fingerprint density at radius 3 is 2.71 bits per heavy atom. The minimum absolute atomic E-state index is 0.0603. The van der Waals surface area contributed by atoms with Gasteiger partial charge in [0.2, 0.25) is 0 Å². The van der Waals surface area contributed by atoms with Crippen LogP contribution in [0.2, 0.25) is 0 Å². The topological polar surface area (TPSA) is 147 Å². The summed E-state index contributed by atoms with van der Waals surface area (Å²) in [5.74, 6) is -1.08. The van der Waals surface area contributed by atoms with E-state index in [0.717, 1.165) is 4.70 Å². The molecule has 2 N–H and O–H groups in total. The zero-order chi connectivity index (χ0) is 30.2. The van der Waals surface area contributed by atoms with Gasteiger partial charge >= 0.3 is 0 Å². The summed E-state index contributed by atoms with van der Waals surface area (Å²) in [4.78, 5) is 37.0. The van der Waals surface area contributed by atoms with Crippen LogP contribution in [0.4, 0.5) is 5.69 Å². The molecular formula is C28H32N6O6S2. The van der Waals surface area contributed by atoms with Gasteiger partial charge in [-0.15, -0.1) is 11.3 Å². The first-order valence-corrected chi connectivity index (χ1v) is 15.6. The highest BCUT2D eigenvalue weighted by atomic mass is 32.2. The third-order valence-electron chi connectivity index (χ3n) is 7.22. The molecule has 0 spiro atoms. The first-order valence-electron chi connectivity index (χ1n) is 13.3. The fourth-order valence-electron chi connectivity index (χ4n) is 4.74. The number of imidazole rings is 1. The molecular weight excluding hydrogens is 580 g/mol. The second kappa shape index (κ2) is 11.8. The van der Waals surface area contributed by atoms with Crippen LogP contribution in [0.1, 0.15) is 34.0 Å². The van der Waals surface area contributed by atoms with Gasteiger partial charge in [-0.1, -0.05) is 25.1 Å². The predicted octanol–water partition coefficient (Wildman–Crippen LogP) is 2.82. The van der Waals surface area contributed by atoms with Gasteiger partial charge < -0.3 is 24.6 Å². The molecule has 3 atom stereocenters. The molecule has 0 radical (unpaired) electrons. The Labute approximate surface area is 247 Å². The molecule has 5 rings (SSSR count). The van der Waals surface area contributed by atoms with E-state index >= 15 is 0 Å². The first-order chi connectivity index (χ1) is 20.0. The normalized spacial score (nSPS) is 18.3. The van der Waals surface area contributed by atoms with Crippen molar-refractivity contribution < 1.29 is 27.9 Å². The number of aromatic nitrogens is 3. The van der Waals surface area contributed by atoms with Crippen LogP contribution < -0.4 is 10.1 Å². The third kappa shape index (κ3) is 5.75. The summed E-state index contributed by atoms with van der Waals surface area (Å²) >= 11 is 1.24. The SMILES string of the molecule is C[C@H](CO)N1C[C@H](C)[C@H](CN(C)S(=O)(=O)c2cn(C)cn2)Oc2c(NC(=O)c3nc4ccccc4s3)cccc2C1=O. The van der Waals surface area contributed by atoms with Crippen molar-refractivity contribution in [1.29, 1.82) is 0 Å². The Kier molecular flexibility index (Phi) is 8.32. The van der Waals surface area contributed by atoms with Crippen LogP contribution in [0.25, 0.3) is 10.2 Å². The third-order valence-corrected chi connectivity index (χ3v) is 9.96. The molecule has 2 amide bonds. The summed E-state index contributed by atoms with van der Waals surface area (Å²) in [6.45, 7) is 3.47. The minimum atomic E-state index is -3.94. The molecule has 222 valence electrons. The van der Waals surface area contributed by atoms with Gasteiger partial charge in [0.25, 0.3) is 21.8 Å². The number of amides is 2. The van der Waals surface area contributed by atoms with E-state index in [1.807, 2.05) is 31.2 Å². The van der Waals surface area contributed by atoms with E-state index in [0.29, 0.717) is 5.52 Å². The Morgan fingerprint density at radius 2 is 2.02 bits per heavy atom. The average molecular weight is 613 g/mol. The molecule has 14 heteroatoms. The summed E-state index contributed by atoms with van der Waals surface area (Å²) in [5, 5.41) is 12.9. The first kappa shape index (κ1) is 29.6. The van der Waals surface area contributed by atoms with Gasteiger partial charge in [0.15, 0.2) is 15.8 Å². The van der Waals surface area contributed by atoms with Crippen LogP contribution in [0, 0.1) is 5.92 Å². The summed E-state index contributed by atoms with van der Waals surface area (Å²) in [6.07, 6.45) is 2.10. The minimum Gasteiger partial charge on any atom is -0.486 e. The Hall–Kier alpha value is -3.85. The van der Waals surface area contributed by atoms with Crippen molar-refractivity contribution in [3.05, 3.63) is 65.6 Å². The number of carbonyl (C=O) groups is 2. The number of nitrogens with zero attached hydrogens (tertiary/aromatic N) is 5. The Bertz CT molecular complexity index is 1700. The van der Waals surface area contributed by atoms with E-state index in [9.17, 15) is 23.1 Å². The lowest BCUT2D eigenvalue weighted by molar-refractivity contribution is 0.0388. The summed E-state index contributed by atoms with van der Waals surface area (Å²) in [7, 11) is -0.813. The van der Waals surface area contributed by atoms with Crippen molar-refractivity contribution in [2.75, 3.05) is 32.1 Å². The number of nitrogens with one attached hydrogen (secondary N) is 1. The maximum absolute atomic E-state index is 13.7. The number of thiazole rings is 1. The monoisotopic (exact) mass is 612 g/mol. The maximum Gasteiger partial charge on any atom is 0.284 e. The van der Waals surface area contributed by atoms with Crippen molar-refractivity contribution in [1.82, 2.24) is 23.7 Å². The fraction of sp³-hybridized carbons (Fsp3) is 0.357. The largest absolute Gasteiger partial charge is 0.486 e. The van der Waals surface area contributed by atoms with Crippen LogP contribution in [0.15, 0.2) is 60.0 Å². The summed E-state index contributed by atoms with van der Waals surface area (Å²) in [6, 6.07) is 11.7. The maximum atomic E-state index is 13.7. The molecule has 3 heterocycles. The number of ether oxygens (including phenoxy) is 1. The number of para-hydroxylation sites is 2. The average Bonchev–Trinajstić information content (AvgIpc) is 3.61. The predicted molar refractivity (Wildman–Crippen MR) is 158 cm³/mol. The number of rotatable bonds is 8. The lowest BCUT2D eigenvalue weighted by Gasteiger charge is -2.38. The van der Waals surface area contributed by atoms with Gasteiger partial charge in [0.05, 0.1) is 47.0 Å². The van der Waals surface area contributed by atoms with Crippen molar-refractivity contribution in [3.8, 4) is 5.75 Å². The summed E-state index contributed by atoms with van der Waals surface area (Å²) < 4.78 is 36.6. The lowest BCUT2D eigenvalue weighted by Crippen LogP contribution is -2.50. The molecule has 2 aromatic carbocycles. The lowest BCUT2D eigenvalue weighted by atomic mass is 9.99. The molecule has 0 aliphatic carbocycles. The van der Waals surface area contributed by atoms with Crippen molar-refractivity contribution in [3.63, 3.8) is 0 Å². The van der Waals surface area contributed by atoms with Crippen LogP contribution in [-0.4, -0.2) is 88.0 Å². The van der Waals surface area contributed by atoms with Crippen LogP contribution in [0.3, 0.4) is 0 Å². The molecule has 0 saturated carbocycles. The molecule has 1 aliphatic heterocycles. The number of anilines is 1. The van der Waals surface area contributed by atoms with Gasteiger partial charge in [-0.2, -0.15) is 4.31 Å². The smallest absolute Gasteiger partial charge is 0.284 e. The number of carbonyl (C=O) groups excluding carboxylic acids is 2. The number of aliphatic hydroxyl groups is 1. The second-order valence-corrected chi connectivity index (χ2v) is 13.4. The van der Waals surface area contributed by atoms with Crippen molar-refractivity contribution in [2.24, 2.45) is 13.0 Å². The molecule has 0 fully saturated rings. The molecule has 12 nitrogen and oxygen atoms in total. The van der Waals surface area contributed by atoms with Crippen LogP contribution in [0.5, 0.6) is 5.75 Å². The molecule has 0 saturated heterocycles. The van der Waals surface area contributed by atoms with E-state index in [-0.39, 0.29) is 58.6 Å². The van der Waals surface area contributed by atoms with Gasteiger partial charge in [-0.05, 0) is 31.2 Å². The zero-order valence-electron chi connectivity index (χ0n) is 23.6. The number of aliphatic hydroxyl groups excluding tert-OH is 1. The number of fused-ring (bicyclic) bond motifs is 2. The number of likely N-dealkylation sites (N-methyl/N-ethyl adjacent to an activating group) is 1. The highest BCUT2D eigenvalue weighted by Gasteiger charge is 2.36. The van der Waals surface area contributed by atoms with E-state index in [1.165, 1.54) is 35.2 Å². The van der Waals surface area contributed by atoms with Gasteiger partial charge in [0.1, 0.15) is 6.10 Å². The highest BCUT2D eigenvalue weighted by molar-refractivity contribution is 7.89. The molecule has 0 unspecified atom stereocenters. The van der Waals surface area contributed by atoms with Crippen LogP contribution >= 0.6 is 11.3 Å². The van der Waals surface area contributed by atoms with Crippen LogP contribution in [-0.2, 0) is 17.1 Å². The molecule has 0 bridgehead atoms. The highest BCUT2D eigenvalue weighted by Crippen LogP contribution is 2.36. The zero-order valence-corrected chi connectivity index (χ0v) is 25.2. The molecule has 4 aromatic rings. The van der Waals surface area contributed by atoms with Crippen molar-refractivity contribution in [2.45, 2.75) is 31.0 Å². The van der Waals surface area contributed by atoms with E-state index in [2.05, 4.69) is 15.3 Å². The molecule has 42 heavy (non-hydrogen) atoms. The molecule has 1 aliphatic rings. The quantitative estimate of drug-likeness (QED) is 0.309.